The lowest BCUT2D eigenvalue weighted by Gasteiger charge is -2.13. The molecule has 2 rings (SSSR count). The number of hydrogen-bond acceptors (Lipinski definition) is 4. The van der Waals surface area contributed by atoms with Crippen LogP contribution in [-0.2, 0) is 0 Å². The normalized spacial score (nSPS) is 23.6. The van der Waals surface area contributed by atoms with Crippen molar-refractivity contribution < 1.29 is 0 Å². The Labute approximate surface area is 103 Å². The second-order valence-electron chi connectivity index (χ2n) is 4.98. The van der Waals surface area contributed by atoms with Gasteiger partial charge in [0.1, 0.15) is 11.6 Å². The molecular weight excluding hydrogens is 212 g/mol. The second-order valence-corrected chi connectivity index (χ2v) is 4.98. The maximum atomic E-state index is 4.51. The van der Waals surface area contributed by atoms with Crippen molar-refractivity contribution >= 4 is 11.6 Å². The molecule has 0 aromatic carbocycles. The van der Waals surface area contributed by atoms with Crippen molar-refractivity contribution in [2.24, 2.45) is 5.92 Å². The molecule has 94 valence electrons. The fraction of sp³-hybridized carbons (Fsp3) is 0.692. The van der Waals surface area contributed by atoms with Crippen molar-refractivity contribution in [2.75, 3.05) is 17.2 Å². The zero-order chi connectivity index (χ0) is 12.1. The van der Waals surface area contributed by atoms with E-state index < -0.39 is 0 Å². The van der Waals surface area contributed by atoms with Crippen LogP contribution in [0.1, 0.15) is 39.5 Å². The average molecular weight is 234 g/mol. The Morgan fingerprint density at radius 3 is 2.82 bits per heavy atom. The van der Waals surface area contributed by atoms with Gasteiger partial charge in [-0.1, -0.05) is 13.8 Å². The van der Waals surface area contributed by atoms with E-state index in [1.165, 1.54) is 19.3 Å². The highest BCUT2D eigenvalue weighted by Gasteiger charge is 2.21. The highest BCUT2D eigenvalue weighted by atomic mass is 15.1. The topological polar surface area (TPSA) is 49.8 Å². The Kier molecular flexibility index (Phi) is 4.18. The molecule has 1 aliphatic carbocycles. The molecule has 0 aliphatic heterocycles. The Bertz CT molecular complexity index is 353. The van der Waals surface area contributed by atoms with Crippen LogP contribution in [0, 0.1) is 5.92 Å². The fourth-order valence-corrected chi connectivity index (χ4v) is 2.32. The van der Waals surface area contributed by atoms with Gasteiger partial charge < -0.3 is 10.6 Å². The number of anilines is 2. The molecule has 4 heteroatoms. The fourth-order valence-electron chi connectivity index (χ4n) is 2.32. The van der Waals surface area contributed by atoms with Gasteiger partial charge >= 0.3 is 0 Å². The van der Waals surface area contributed by atoms with Crippen LogP contribution >= 0.6 is 0 Å². The lowest BCUT2D eigenvalue weighted by molar-refractivity contribution is 0.602. The van der Waals surface area contributed by atoms with Crippen LogP contribution in [0.4, 0.5) is 11.6 Å². The van der Waals surface area contributed by atoms with Gasteiger partial charge in [-0.25, -0.2) is 4.98 Å². The van der Waals surface area contributed by atoms with Gasteiger partial charge in [-0.05, 0) is 31.6 Å². The van der Waals surface area contributed by atoms with Crippen molar-refractivity contribution in [3.63, 3.8) is 0 Å². The highest BCUT2D eigenvalue weighted by Crippen LogP contribution is 2.26. The number of aromatic nitrogens is 2. The molecule has 2 unspecified atom stereocenters. The number of hydrogen-bond donors (Lipinski definition) is 2. The molecule has 0 bridgehead atoms. The van der Waals surface area contributed by atoms with Crippen LogP contribution in [0.2, 0.25) is 0 Å². The van der Waals surface area contributed by atoms with E-state index in [-0.39, 0.29) is 0 Å². The van der Waals surface area contributed by atoms with Crippen molar-refractivity contribution in [3.8, 4) is 0 Å². The second kappa shape index (κ2) is 5.84. The Balaban J connectivity index is 1.91. The first-order chi connectivity index (χ1) is 8.28. The van der Waals surface area contributed by atoms with Gasteiger partial charge in [0.2, 0.25) is 0 Å². The summed E-state index contributed by atoms with van der Waals surface area (Å²) in [6, 6.07) is 0.570. The summed E-state index contributed by atoms with van der Waals surface area (Å²) in [5.41, 5.74) is 0. The van der Waals surface area contributed by atoms with Crippen molar-refractivity contribution in [1.82, 2.24) is 9.97 Å². The largest absolute Gasteiger partial charge is 0.369 e. The molecule has 4 nitrogen and oxygen atoms in total. The van der Waals surface area contributed by atoms with Crippen LogP contribution in [0.5, 0.6) is 0 Å². The third-order valence-electron chi connectivity index (χ3n) is 3.24. The average Bonchev–Trinajstić information content (AvgIpc) is 2.73. The summed E-state index contributed by atoms with van der Waals surface area (Å²) in [6.45, 7) is 5.40. The third-order valence-corrected chi connectivity index (χ3v) is 3.24. The monoisotopic (exact) mass is 234 g/mol. The lowest BCUT2D eigenvalue weighted by atomic mass is 10.1. The van der Waals surface area contributed by atoms with Crippen molar-refractivity contribution in [3.05, 3.63) is 12.4 Å². The lowest BCUT2D eigenvalue weighted by Crippen LogP contribution is -2.17. The molecule has 1 heterocycles. The first-order valence-electron chi connectivity index (χ1n) is 6.60. The molecule has 0 radical (unpaired) electrons. The number of nitrogens with one attached hydrogen (secondary N) is 2. The van der Waals surface area contributed by atoms with Crippen LogP contribution in [0.15, 0.2) is 12.4 Å². The number of nitrogens with zero attached hydrogens (tertiary/aromatic N) is 2. The van der Waals surface area contributed by atoms with Crippen LogP contribution in [0.25, 0.3) is 0 Å². The van der Waals surface area contributed by atoms with Crippen LogP contribution in [-0.4, -0.2) is 22.6 Å². The van der Waals surface area contributed by atoms with Gasteiger partial charge in [-0.15, -0.1) is 0 Å². The maximum absolute atomic E-state index is 4.51. The summed E-state index contributed by atoms with van der Waals surface area (Å²) in [5.74, 6) is 2.59. The molecule has 2 N–H and O–H groups in total. The molecular formula is C13H22N4. The van der Waals surface area contributed by atoms with Gasteiger partial charge in [0.25, 0.3) is 0 Å². The van der Waals surface area contributed by atoms with Gasteiger partial charge in [0, 0.05) is 12.6 Å². The zero-order valence-corrected chi connectivity index (χ0v) is 10.7. The molecule has 0 saturated heterocycles. The molecule has 1 aliphatic rings. The first kappa shape index (κ1) is 12.1. The minimum Gasteiger partial charge on any atom is -0.369 e. The molecule has 1 saturated carbocycles. The quantitative estimate of drug-likeness (QED) is 0.822. The highest BCUT2D eigenvalue weighted by molar-refractivity contribution is 5.42. The molecule has 1 fully saturated rings. The number of rotatable bonds is 5. The van der Waals surface area contributed by atoms with Crippen LogP contribution in [0.3, 0.4) is 0 Å². The smallest absolute Gasteiger partial charge is 0.147 e. The predicted molar refractivity (Wildman–Crippen MR) is 71.2 cm³/mol. The molecule has 2 atom stereocenters. The maximum Gasteiger partial charge on any atom is 0.147 e. The summed E-state index contributed by atoms with van der Waals surface area (Å²) < 4.78 is 0. The SMILES string of the molecule is CCCNc1cncc(NC2CCC(C)C2)n1. The van der Waals surface area contributed by atoms with E-state index in [0.717, 1.165) is 30.5 Å². The molecule has 0 amide bonds. The van der Waals surface area contributed by atoms with Gasteiger partial charge in [-0.2, -0.15) is 0 Å². The molecule has 1 aromatic heterocycles. The van der Waals surface area contributed by atoms with Crippen LogP contribution < -0.4 is 10.6 Å². The van der Waals surface area contributed by atoms with E-state index in [9.17, 15) is 0 Å². The summed E-state index contributed by atoms with van der Waals surface area (Å²) in [7, 11) is 0. The Morgan fingerprint density at radius 1 is 1.29 bits per heavy atom. The minimum absolute atomic E-state index is 0.570. The van der Waals surface area contributed by atoms with Gasteiger partial charge in [0.15, 0.2) is 0 Å². The standard InChI is InChI=1S/C13H22N4/c1-3-6-15-12-8-14-9-13(17-12)16-11-5-4-10(2)7-11/h8-11H,3-7H2,1-2H3,(H2,15,16,17). The first-order valence-corrected chi connectivity index (χ1v) is 6.60. The molecule has 17 heavy (non-hydrogen) atoms. The molecule has 0 spiro atoms. The van der Waals surface area contributed by atoms with E-state index in [4.69, 9.17) is 0 Å². The summed E-state index contributed by atoms with van der Waals surface area (Å²) in [5, 5.41) is 6.73. The van der Waals surface area contributed by atoms with Crippen molar-refractivity contribution in [1.29, 1.82) is 0 Å². The van der Waals surface area contributed by atoms with E-state index in [1.54, 1.807) is 12.4 Å². The van der Waals surface area contributed by atoms with Crippen molar-refractivity contribution in [2.45, 2.75) is 45.6 Å². The van der Waals surface area contributed by atoms with E-state index >= 15 is 0 Å². The third kappa shape index (κ3) is 3.58. The van der Waals surface area contributed by atoms with Gasteiger partial charge in [-0.3, -0.25) is 4.98 Å². The summed E-state index contributed by atoms with van der Waals surface area (Å²) >= 11 is 0. The van der Waals surface area contributed by atoms with E-state index in [0.29, 0.717) is 6.04 Å². The predicted octanol–water partition coefficient (Wildman–Crippen LogP) is 2.90. The summed E-state index contributed by atoms with van der Waals surface area (Å²) in [4.78, 5) is 8.73. The zero-order valence-electron chi connectivity index (χ0n) is 10.7. The van der Waals surface area contributed by atoms with Gasteiger partial charge in [0.05, 0.1) is 12.4 Å². The van der Waals surface area contributed by atoms with E-state index in [2.05, 4.69) is 34.4 Å². The molecule has 1 aromatic rings. The van der Waals surface area contributed by atoms with E-state index in [1.807, 2.05) is 0 Å². The minimum atomic E-state index is 0.570. The Morgan fingerprint density at radius 2 is 2.12 bits per heavy atom. The summed E-state index contributed by atoms with van der Waals surface area (Å²) in [6.07, 6.45) is 8.49. The Hall–Kier alpha value is -1.32.